The maximum absolute atomic E-state index is 11.9. The summed E-state index contributed by atoms with van der Waals surface area (Å²) in [4.78, 5) is 16.2. The normalized spacial score (nSPS) is 12.5. The van der Waals surface area contributed by atoms with Gasteiger partial charge in [0.1, 0.15) is 17.9 Å². The molecule has 1 aliphatic rings. The third-order valence-corrected chi connectivity index (χ3v) is 4.23. The number of benzene rings is 2. The van der Waals surface area contributed by atoms with Crippen molar-refractivity contribution in [2.75, 3.05) is 12.5 Å². The molecule has 7 heteroatoms. The molecule has 0 fully saturated rings. The first-order chi connectivity index (χ1) is 11.8. The maximum atomic E-state index is 11.9. The number of ether oxygens (including phenoxy) is 3. The fraction of sp³-hybridized carbons (Fsp3) is 0.176. The molecule has 0 bridgehead atoms. The molecule has 0 saturated carbocycles. The van der Waals surface area contributed by atoms with Crippen molar-refractivity contribution in [3.8, 4) is 11.5 Å². The highest BCUT2D eigenvalue weighted by Crippen LogP contribution is 2.32. The molecule has 0 unspecified atom stereocenters. The first kappa shape index (κ1) is 14.9. The van der Waals surface area contributed by atoms with Crippen LogP contribution >= 0.6 is 11.8 Å². The predicted octanol–water partition coefficient (Wildman–Crippen LogP) is 3.39. The van der Waals surface area contributed by atoms with Crippen molar-refractivity contribution in [3.05, 3.63) is 48.0 Å². The van der Waals surface area contributed by atoms with Gasteiger partial charge in [-0.3, -0.25) is 4.79 Å². The largest absolute Gasteiger partial charge is 0.460 e. The van der Waals surface area contributed by atoms with Crippen LogP contribution in [-0.4, -0.2) is 23.5 Å². The summed E-state index contributed by atoms with van der Waals surface area (Å²) in [6, 6.07) is 12.9. The van der Waals surface area contributed by atoms with Crippen LogP contribution in [0.25, 0.3) is 11.1 Å². The zero-order valence-electron chi connectivity index (χ0n) is 12.6. The molecule has 0 amide bonds. The molecule has 2 aromatic carbocycles. The molecule has 122 valence electrons. The average Bonchev–Trinajstić information content (AvgIpc) is 3.23. The minimum absolute atomic E-state index is 0.136. The summed E-state index contributed by atoms with van der Waals surface area (Å²) in [6.45, 7) is 0.406. The lowest BCUT2D eigenvalue weighted by Gasteiger charge is -2.05. The van der Waals surface area contributed by atoms with Crippen LogP contribution in [0.15, 0.2) is 52.1 Å². The molecule has 0 spiro atoms. The number of aromatic nitrogens is 1. The van der Waals surface area contributed by atoms with Crippen LogP contribution in [0, 0.1) is 0 Å². The Kier molecular flexibility index (Phi) is 4.00. The first-order valence-corrected chi connectivity index (χ1v) is 8.29. The minimum Gasteiger partial charge on any atom is -0.460 e. The highest BCUT2D eigenvalue weighted by atomic mass is 32.2. The number of carbonyl (C=O) groups is 1. The van der Waals surface area contributed by atoms with Gasteiger partial charge in [-0.15, -0.1) is 0 Å². The van der Waals surface area contributed by atoms with E-state index in [1.807, 2.05) is 36.4 Å². The number of oxazole rings is 1. The minimum atomic E-state index is -0.333. The fourth-order valence-electron chi connectivity index (χ4n) is 2.27. The van der Waals surface area contributed by atoms with Crippen LogP contribution in [0.3, 0.4) is 0 Å². The van der Waals surface area contributed by atoms with Crippen molar-refractivity contribution in [1.82, 2.24) is 4.98 Å². The zero-order valence-corrected chi connectivity index (χ0v) is 13.4. The Bertz CT molecular complexity index is 859. The monoisotopic (exact) mass is 343 g/mol. The highest BCUT2D eigenvalue weighted by Gasteiger charge is 2.14. The molecule has 3 aromatic rings. The lowest BCUT2D eigenvalue weighted by Crippen LogP contribution is -2.07. The smallest absolute Gasteiger partial charge is 0.316 e. The highest BCUT2D eigenvalue weighted by molar-refractivity contribution is 7.99. The van der Waals surface area contributed by atoms with E-state index in [-0.39, 0.29) is 25.1 Å². The summed E-state index contributed by atoms with van der Waals surface area (Å²) in [6.07, 6.45) is 0. The van der Waals surface area contributed by atoms with E-state index >= 15 is 0 Å². The third-order valence-electron chi connectivity index (χ3n) is 3.42. The Hall–Kier alpha value is -2.67. The number of fused-ring (bicyclic) bond motifs is 2. The maximum Gasteiger partial charge on any atom is 0.316 e. The van der Waals surface area contributed by atoms with E-state index in [9.17, 15) is 4.79 Å². The average molecular weight is 343 g/mol. The van der Waals surface area contributed by atoms with Gasteiger partial charge in [0.2, 0.25) is 6.79 Å². The van der Waals surface area contributed by atoms with Gasteiger partial charge in [0.05, 0.1) is 0 Å². The molecule has 6 nitrogen and oxygen atoms in total. The van der Waals surface area contributed by atoms with E-state index in [1.165, 1.54) is 11.8 Å². The molecule has 1 aromatic heterocycles. The molecule has 2 heterocycles. The molecule has 0 aliphatic carbocycles. The Balaban J connectivity index is 1.30. The summed E-state index contributed by atoms with van der Waals surface area (Å²) in [5.41, 5.74) is 2.32. The molecular formula is C17H13NO5S. The van der Waals surface area contributed by atoms with Crippen molar-refractivity contribution in [2.45, 2.75) is 11.8 Å². The number of carbonyl (C=O) groups excluding carboxylic acids is 1. The van der Waals surface area contributed by atoms with Gasteiger partial charge < -0.3 is 18.6 Å². The molecule has 0 N–H and O–H groups in total. The fourth-order valence-corrected chi connectivity index (χ4v) is 2.91. The standard InChI is InChI=1S/C17H13NO5S/c19-16(9-24-17-18-12-3-1-2-4-13(12)23-17)20-8-11-5-6-14-15(7-11)22-10-21-14/h1-7H,8-10H2. The number of thioether (sulfide) groups is 1. The van der Waals surface area contributed by atoms with Gasteiger partial charge in [0.25, 0.3) is 5.22 Å². The van der Waals surface area contributed by atoms with Crippen molar-refractivity contribution >= 4 is 28.8 Å². The molecule has 24 heavy (non-hydrogen) atoms. The van der Waals surface area contributed by atoms with Gasteiger partial charge in [0, 0.05) is 0 Å². The Labute approximate surface area is 141 Å². The van der Waals surface area contributed by atoms with Crippen molar-refractivity contribution in [3.63, 3.8) is 0 Å². The van der Waals surface area contributed by atoms with E-state index in [0.717, 1.165) is 11.1 Å². The molecular weight excluding hydrogens is 330 g/mol. The molecule has 0 radical (unpaired) electrons. The van der Waals surface area contributed by atoms with E-state index in [1.54, 1.807) is 6.07 Å². The van der Waals surface area contributed by atoms with Crippen LogP contribution in [-0.2, 0) is 16.1 Å². The topological polar surface area (TPSA) is 70.8 Å². The van der Waals surface area contributed by atoms with E-state index in [4.69, 9.17) is 18.6 Å². The number of para-hydroxylation sites is 2. The molecule has 1 aliphatic heterocycles. The number of nitrogens with zero attached hydrogens (tertiary/aromatic N) is 1. The summed E-state index contributed by atoms with van der Waals surface area (Å²) in [5, 5.41) is 0.455. The Morgan fingerprint density at radius 2 is 2.04 bits per heavy atom. The summed E-state index contributed by atoms with van der Waals surface area (Å²) in [5.74, 6) is 1.18. The van der Waals surface area contributed by atoms with Crippen LogP contribution in [0.4, 0.5) is 0 Å². The Morgan fingerprint density at radius 1 is 1.17 bits per heavy atom. The van der Waals surface area contributed by atoms with Crippen molar-refractivity contribution < 1.29 is 23.4 Å². The van der Waals surface area contributed by atoms with E-state index in [2.05, 4.69) is 4.98 Å². The van der Waals surface area contributed by atoms with Crippen LogP contribution in [0.2, 0.25) is 0 Å². The second-order valence-electron chi connectivity index (χ2n) is 5.08. The van der Waals surface area contributed by atoms with Crippen molar-refractivity contribution in [1.29, 1.82) is 0 Å². The SMILES string of the molecule is O=C(CSc1nc2ccccc2o1)OCc1ccc2c(c1)OCO2. The Morgan fingerprint density at radius 3 is 2.96 bits per heavy atom. The van der Waals surface area contributed by atoms with Gasteiger partial charge in [-0.05, 0) is 29.8 Å². The van der Waals surface area contributed by atoms with Gasteiger partial charge in [-0.1, -0.05) is 30.0 Å². The predicted molar refractivity (Wildman–Crippen MR) is 87.1 cm³/mol. The number of hydrogen-bond donors (Lipinski definition) is 0. The third kappa shape index (κ3) is 3.16. The number of hydrogen-bond acceptors (Lipinski definition) is 7. The number of esters is 1. The molecule has 0 atom stereocenters. The van der Waals surface area contributed by atoms with Crippen LogP contribution < -0.4 is 9.47 Å². The summed E-state index contributed by atoms with van der Waals surface area (Å²) in [7, 11) is 0. The zero-order chi connectivity index (χ0) is 16.4. The lowest BCUT2D eigenvalue weighted by atomic mass is 10.2. The van der Waals surface area contributed by atoms with Crippen LogP contribution in [0.1, 0.15) is 5.56 Å². The quantitative estimate of drug-likeness (QED) is 0.519. The summed E-state index contributed by atoms with van der Waals surface area (Å²) >= 11 is 1.21. The van der Waals surface area contributed by atoms with Gasteiger partial charge in [-0.2, -0.15) is 0 Å². The van der Waals surface area contributed by atoms with E-state index in [0.29, 0.717) is 22.3 Å². The molecule has 0 saturated heterocycles. The first-order valence-electron chi connectivity index (χ1n) is 7.30. The lowest BCUT2D eigenvalue weighted by molar-refractivity contribution is -0.141. The van der Waals surface area contributed by atoms with Crippen LogP contribution in [0.5, 0.6) is 11.5 Å². The number of rotatable bonds is 5. The summed E-state index contributed by atoms with van der Waals surface area (Å²) < 4.78 is 21.3. The molecule has 4 rings (SSSR count). The van der Waals surface area contributed by atoms with Crippen molar-refractivity contribution in [2.24, 2.45) is 0 Å². The van der Waals surface area contributed by atoms with E-state index < -0.39 is 0 Å². The van der Waals surface area contributed by atoms with Gasteiger partial charge in [0.15, 0.2) is 17.1 Å². The van der Waals surface area contributed by atoms with Gasteiger partial charge >= 0.3 is 5.97 Å². The second kappa shape index (κ2) is 6.45. The second-order valence-corrected chi connectivity index (χ2v) is 6.01. The van der Waals surface area contributed by atoms with Gasteiger partial charge in [-0.25, -0.2) is 4.98 Å².